The number of rotatable bonds is 6. The van der Waals surface area contributed by atoms with Gasteiger partial charge in [0.1, 0.15) is 17.0 Å². The van der Waals surface area contributed by atoms with E-state index in [1.54, 1.807) is 25.3 Å². The molecule has 6 nitrogen and oxygen atoms in total. The number of amides is 1. The highest BCUT2D eigenvalue weighted by atomic mass is 19.1. The van der Waals surface area contributed by atoms with Gasteiger partial charge in [-0.3, -0.25) is 4.79 Å². The van der Waals surface area contributed by atoms with Crippen molar-refractivity contribution in [2.24, 2.45) is 0 Å². The highest BCUT2D eigenvalue weighted by Gasteiger charge is 2.20. The summed E-state index contributed by atoms with van der Waals surface area (Å²) in [4.78, 5) is 17.4. The van der Waals surface area contributed by atoms with Crippen molar-refractivity contribution in [3.05, 3.63) is 112 Å². The first kappa shape index (κ1) is 23.9. The summed E-state index contributed by atoms with van der Waals surface area (Å²) in [6, 6.07) is 15.4. The zero-order chi connectivity index (χ0) is 25.9. The van der Waals surface area contributed by atoms with Crippen LogP contribution < -0.4 is 16.0 Å². The fraction of sp³-hybridized carbons (Fsp3) is 0.100. The highest BCUT2D eigenvalue weighted by molar-refractivity contribution is 6.00. The van der Waals surface area contributed by atoms with Crippen LogP contribution in [0.2, 0.25) is 0 Å². The van der Waals surface area contributed by atoms with Crippen LogP contribution in [0.1, 0.15) is 29.1 Å². The molecule has 184 valence electrons. The topological polar surface area (TPSA) is 81.2 Å². The number of nitrogens with zero attached hydrogens (tertiary/aromatic N) is 2. The van der Waals surface area contributed by atoms with E-state index in [0.29, 0.717) is 44.8 Å². The van der Waals surface area contributed by atoms with Crippen LogP contribution in [-0.2, 0) is 0 Å². The van der Waals surface area contributed by atoms with Crippen molar-refractivity contribution in [2.45, 2.75) is 12.8 Å². The highest BCUT2D eigenvalue weighted by Crippen LogP contribution is 2.30. The van der Waals surface area contributed by atoms with Gasteiger partial charge in [-0.25, -0.2) is 4.39 Å². The van der Waals surface area contributed by atoms with Gasteiger partial charge in [0.25, 0.3) is 11.8 Å². The van der Waals surface area contributed by atoms with Crippen LogP contribution in [0.3, 0.4) is 0 Å². The summed E-state index contributed by atoms with van der Waals surface area (Å²) >= 11 is 0. The minimum absolute atomic E-state index is 0.315. The second-order valence-electron chi connectivity index (χ2n) is 8.56. The first-order valence-corrected chi connectivity index (χ1v) is 11.8. The van der Waals surface area contributed by atoms with Crippen LogP contribution in [0, 0.1) is 5.82 Å². The lowest BCUT2D eigenvalue weighted by Crippen LogP contribution is -2.30. The van der Waals surface area contributed by atoms with Crippen LogP contribution >= 0.6 is 0 Å². The van der Waals surface area contributed by atoms with E-state index in [1.807, 2.05) is 42.5 Å². The summed E-state index contributed by atoms with van der Waals surface area (Å²) < 4.78 is 24.9. The Kier molecular flexibility index (Phi) is 6.51. The number of aromatic nitrogens is 2. The number of furan rings is 1. The molecule has 2 heterocycles. The monoisotopic (exact) mass is 493 g/mol. The maximum atomic E-state index is 13.5. The normalized spacial score (nSPS) is 13.7. The van der Waals surface area contributed by atoms with Gasteiger partial charge < -0.3 is 14.3 Å². The number of hydrogen-bond donors (Lipinski definition) is 1. The molecule has 0 aliphatic heterocycles. The fourth-order valence-electron chi connectivity index (χ4n) is 4.21. The molecule has 0 spiro atoms. The lowest BCUT2D eigenvalue weighted by atomic mass is 9.93. The van der Waals surface area contributed by atoms with Gasteiger partial charge >= 0.3 is 0 Å². The lowest BCUT2D eigenvalue weighted by Gasteiger charge is -2.12. The Balaban J connectivity index is 1.50. The van der Waals surface area contributed by atoms with Crippen molar-refractivity contribution in [2.75, 3.05) is 7.05 Å². The van der Waals surface area contributed by atoms with Crippen LogP contribution in [0.15, 0.2) is 93.4 Å². The average Bonchev–Trinajstić information content (AvgIpc) is 3.55. The zero-order valence-corrected chi connectivity index (χ0v) is 20.3. The molecule has 2 aromatic heterocycles. The Morgan fingerprint density at radius 3 is 2.59 bits per heavy atom. The molecule has 0 atom stereocenters. The van der Waals surface area contributed by atoms with E-state index in [9.17, 15) is 9.18 Å². The Bertz CT molecular complexity index is 1660. The molecule has 2 aromatic carbocycles. The van der Waals surface area contributed by atoms with Crippen molar-refractivity contribution < 1.29 is 18.1 Å². The second kappa shape index (κ2) is 10.1. The minimum Gasteiger partial charge on any atom is -0.456 e. The van der Waals surface area contributed by atoms with E-state index < -0.39 is 0 Å². The third kappa shape index (κ3) is 4.84. The van der Waals surface area contributed by atoms with E-state index in [2.05, 4.69) is 28.6 Å². The molecule has 1 aliphatic carbocycles. The largest absolute Gasteiger partial charge is 0.456 e. The van der Waals surface area contributed by atoms with Crippen LogP contribution in [0.25, 0.3) is 40.9 Å². The smallest absolute Gasteiger partial charge is 0.257 e. The molecule has 7 heteroatoms. The molecular formula is C30H24FN3O3. The van der Waals surface area contributed by atoms with E-state index >= 15 is 0 Å². The molecule has 0 fully saturated rings. The molecule has 0 saturated carbocycles. The summed E-state index contributed by atoms with van der Waals surface area (Å²) in [5.74, 6) is 0.549. The molecule has 0 bridgehead atoms. The number of halogens is 1. The van der Waals surface area contributed by atoms with Crippen LogP contribution in [0.5, 0.6) is 0 Å². The molecule has 1 aliphatic rings. The molecule has 0 unspecified atom stereocenters. The summed E-state index contributed by atoms with van der Waals surface area (Å²) in [6.07, 6.45) is 7.33. The Morgan fingerprint density at radius 1 is 1.11 bits per heavy atom. The van der Waals surface area contributed by atoms with E-state index in [-0.39, 0.29) is 11.7 Å². The number of carbonyl (C=O) groups is 1. The van der Waals surface area contributed by atoms with E-state index in [0.717, 1.165) is 29.6 Å². The van der Waals surface area contributed by atoms with Gasteiger partial charge in [0, 0.05) is 29.0 Å². The molecule has 1 amide bonds. The average molecular weight is 494 g/mol. The van der Waals surface area contributed by atoms with Gasteiger partial charge in [0.05, 0.1) is 5.56 Å². The van der Waals surface area contributed by atoms with Crippen molar-refractivity contribution in [1.82, 2.24) is 15.5 Å². The quantitative estimate of drug-likeness (QED) is 0.407. The van der Waals surface area contributed by atoms with Gasteiger partial charge in [-0.05, 0) is 60.4 Å². The molecule has 0 saturated heterocycles. The molecule has 0 radical (unpaired) electrons. The molecule has 4 aromatic rings. The van der Waals surface area contributed by atoms with Crippen molar-refractivity contribution >= 4 is 24.1 Å². The Labute approximate surface area is 212 Å². The zero-order valence-electron chi connectivity index (χ0n) is 20.3. The Hall–Kier alpha value is -4.78. The third-order valence-corrected chi connectivity index (χ3v) is 6.13. The summed E-state index contributed by atoms with van der Waals surface area (Å²) in [5, 5.41) is 7.28. The van der Waals surface area contributed by atoms with Crippen molar-refractivity contribution in [1.29, 1.82) is 0 Å². The van der Waals surface area contributed by atoms with Gasteiger partial charge in [0.15, 0.2) is 0 Å². The first-order valence-electron chi connectivity index (χ1n) is 11.8. The van der Waals surface area contributed by atoms with Gasteiger partial charge in [-0.2, -0.15) is 4.98 Å². The molecular weight excluding hydrogens is 469 g/mol. The number of nitrogens with one attached hydrogen (secondary N) is 1. The number of allylic oxidation sites excluding steroid dienone is 5. The summed E-state index contributed by atoms with van der Waals surface area (Å²) in [5.41, 5.74) is 4.55. The first-order chi connectivity index (χ1) is 17.9. The second-order valence-corrected chi connectivity index (χ2v) is 8.56. The third-order valence-electron chi connectivity index (χ3n) is 6.13. The standard InChI is InChI=1S/C30H24FN3O3/c1-18(16-25-19(2)36-27(26(25)29(35)32-3)20-12-14-24(31)15-13-20)22-10-7-11-23(17-22)30-33-28(34-37-30)21-8-5-4-6-9-21/h4-6,8-9,11-17H,1-2,7,10H2,3H3,(H,32,35)/b25-16+. The Morgan fingerprint density at radius 2 is 1.86 bits per heavy atom. The predicted octanol–water partition coefficient (Wildman–Crippen LogP) is 5.05. The lowest BCUT2D eigenvalue weighted by molar-refractivity contribution is 0.0962. The van der Waals surface area contributed by atoms with Crippen molar-refractivity contribution in [3.8, 4) is 22.7 Å². The van der Waals surface area contributed by atoms with E-state index in [4.69, 9.17) is 8.94 Å². The fourth-order valence-corrected chi connectivity index (χ4v) is 4.21. The predicted molar refractivity (Wildman–Crippen MR) is 141 cm³/mol. The molecule has 5 rings (SSSR count). The van der Waals surface area contributed by atoms with Crippen LogP contribution in [-0.4, -0.2) is 23.1 Å². The van der Waals surface area contributed by atoms with Gasteiger partial charge in [-0.15, -0.1) is 0 Å². The summed E-state index contributed by atoms with van der Waals surface area (Å²) in [6.45, 7) is 8.24. The van der Waals surface area contributed by atoms with Gasteiger partial charge in [0.2, 0.25) is 5.82 Å². The van der Waals surface area contributed by atoms with Crippen molar-refractivity contribution in [3.63, 3.8) is 0 Å². The minimum atomic E-state index is -0.378. The number of benzene rings is 2. The number of hydrogen-bond acceptors (Lipinski definition) is 5. The molecule has 1 N–H and O–H groups in total. The maximum Gasteiger partial charge on any atom is 0.257 e. The SMILES string of the molecule is C=C(/C=c1/c(C(=O)NC)c(-c2ccc(F)cc2)oc1=C)C1=CC(c2nc(-c3ccccc3)no2)=CCC1. The van der Waals surface area contributed by atoms with E-state index in [1.165, 1.54) is 12.1 Å². The number of carbonyl (C=O) groups excluding carboxylic acids is 1. The maximum absolute atomic E-state index is 13.5. The molecule has 37 heavy (non-hydrogen) atoms. The summed E-state index contributed by atoms with van der Waals surface area (Å²) in [7, 11) is 1.54. The van der Waals surface area contributed by atoms with Gasteiger partial charge in [-0.1, -0.05) is 54.7 Å². The van der Waals surface area contributed by atoms with Crippen LogP contribution in [0.4, 0.5) is 4.39 Å².